The lowest BCUT2D eigenvalue weighted by Crippen LogP contribution is -2.52. The third-order valence-electron chi connectivity index (χ3n) is 3.21. The van der Waals surface area contributed by atoms with Gasteiger partial charge in [0.15, 0.2) is 0 Å². The zero-order valence-corrected chi connectivity index (χ0v) is 13.1. The van der Waals surface area contributed by atoms with E-state index < -0.39 is 35.7 Å². The van der Waals surface area contributed by atoms with Gasteiger partial charge in [0.2, 0.25) is 11.8 Å². The number of nitrogens with zero attached hydrogens (tertiary/aromatic N) is 1. The van der Waals surface area contributed by atoms with Gasteiger partial charge in [-0.2, -0.15) is 5.26 Å². The molecular weight excluding hydrogens is 317 g/mol. The molecule has 0 aromatic heterocycles. The molecule has 0 heterocycles. The molecule has 0 unspecified atom stereocenters. The Labute approximate surface area is 138 Å². The highest BCUT2D eigenvalue weighted by Crippen LogP contribution is 2.07. The molecule has 2 amide bonds. The Morgan fingerprint density at radius 3 is 2.33 bits per heavy atom. The normalized spacial score (nSPS) is 12.5. The summed E-state index contributed by atoms with van der Waals surface area (Å²) in [6.07, 6.45) is 0.0111. The number of benzene rings is 1. The van der Waals surface area contributed by atoms with Crippen LogP contribution in [-0.2, 0) is 20.8 Å². The second-order valence-corrected chi connectivity index (χ2v) is 5.18. The second-order valence-electron chi connectivity index (χ2n) is 5.18. The van der Waals surface area contributed by atoms with Crippen molar-refractivity contribution in [2.24, 2.45) is 0 Å². The van der Waals surface area contributed by atoms with Gasteiger partial charge in [-0.25, -0.2) is 9.18 Å². The lowest BCUT2D eigenvalue weighted by molar-refractivity contribution is -0.142. The number of nitriles is 1. The van der Waals surface area contributed by atoms with Crippen LogP contribution in [0.2, 0.25) is 0 Å². The van der Waals surface area contributed by atoms with Crippen LogP contribution in [-0.4, -0.2) is 35.0 Å². The van der Waals surface area contributed by atoms with Crippen LogP contribution >= 0.6 is 0 Å². The number of carboxylic acids is 1. The highest BCUT2D eigenvalue weighted by molar-refractivity contribution is 5.90. The van der Waals surface area contributed by atoms with Gasteiger partial charge in [-0.05, 0) is 24.1 Å². The first kappa shape index (κ1) is 19.1. The Morgan fingerprint density at radius 1 is 1.21 bits per heavy atom. The van der Waals surface area contributed by atoms with Crippen LogP contribution in [0.15, 0.2) is 24.3 Å². The summed E-state index contributed by atoms with van der Waals surface area (Å²) in [6, 6.07) is 4.99. The summed E-state index contributed by atoms with van der Waals surface area (Å²) in [5.74, 6) is -2.83. The van der Waals surface area contributed by atoms with Gasteiger partial charge < -0.3 is 15.7 Å². The fraction of sp³-hybridized carbons (Fsp3) is 0.375. The smallest absolute Gasteiger partial charge is 0.326 e. The van der Waals surface area contributed by atoms with Crippen LogP contribution in [0.1, 0.15) is 25.3 Å². The van der Waals surface area contributed by atoms with Crippen molar-refractivity contribution < 1.29 is 23.9 Å². The molecule has 0 fully saturated rings. The Morgan fingerprint density at radius 2 is 1.83 bits per heavy atom. The van der Waals surface area contributed by atoms with Crippen molar-refractivity contribution in [1.82, 2.24) is 10.6 Å². The van der Waals surface area contributed by atoms with E-state index in [4.69, 9.17) is 10.4 Å². The summed E-state index contributed by atoms with van der Waals surface area (Å²) < 4.78 is 12.9. The van der Waals surface area contributed by atoms with Crippen molar-refractivity contribution in [3.63, 3.8) is 0 Å². The van der Waals surface area contributed by atoms with Gasteiger partial charge in [-0.3, -0.25) is 9.59 Å². The van der Waals surface area contributed by atoms with Crippen LogP contribution in [0.4, 0.5) is 4.39 Å². The van der Waals surface area contributed by atoms with E-state index in [1.165, 1.54) is 31.2 Å². The van der Waals surface area contributed by atoms with Gasteiger partial charge in [0.05, 0.1) is 6.07 Å². The van der Waals surface area contributed by atoms with Crippen LogP contribution in [0.3, 0.4) is 0 Å². The molecule has 0 aliphatic heterocycles. The number of amides is 2. The van der Waals surface area contributed by atoms with Crippen LogP contribution in [0.5, 0.6) is 0 Å². The van der Waals surface area contributed by atoms with E-state index in [2.05, 4.69) is 10.6 Å². The second kappa shape index (κ2) is 9.25. The zero-order valence-electron chi connectivity index (χ0n) is 13.1. The summed E-state index contributed by atoms with van der Waals surface area (Å²) in [7, 11) is 0. The molecule has 2 atom stereocenters. The average molecular weight is 335 g/mol. The Bertz CT molecular complexity index is 640. The Kier molecular flexibility index (Phi) is 7.36. The van der Waals surface area contributed by atoms with Gasteiger partial charge in [0.25, 0.3) is 0 Å². The van der Waals surface area contributed by atoms with Crippen molar-refractivity contribution in [2.75, 3.05) is 0 Å². The van der Waals surface area contributed by atoms with Gasteiger partial charge >= 0.3 is 5.97 Å². The summed E-state index contributed by atoms with van der Waals surface area (Å²) in [4.78, 5) is 34.7. The predicted octanol–water partition coefficient (Wildman–Crippen LogP) is 0.746. The van der Waals surface area contributed by atoms with Crippen molar-refractivity contribution in [1.29, 1.82) is 5.26 Å². The maximum atomic E-state index is 12.9. The maximum Gasteiger partial charge on any atom is 0.326 e. The molecule has 0 aliphatic carbocycles. The lowest BCUT2D eigenvalue weighted by atomic mass is 10.0. The van der Waals surface area contributed by atoms with Gasteiger partial charge in [0, 0.05) is 19.8 Å². The quantitative estimate of drug-likeness (QED) is 0.647. The third kappa shape index (κ3) is 6.44. The summed E-state index contributed by atoms with van der Waals surface area (Å²) >= 11 is 0. The monoisotopic (exact) mass is 335 g/mol. The number of rotatable bonds is 8. The minimum absolute atomic E-state index is 0.0278. The summed E-state index contributed by atoms with van der Waals surface area (Å²) in [5, 5.41) is 22.4. The van der Waals surface area contributed by atoms with E-state index in [1.54, 1.807) is 0 Å². The SMILES string of the molecule is CC(=O)N[C@H](Cc1ccc(F)cc1)C(=O)N[C@H](CCC#N)C(=O)O. The third-order valence-corrected chi connectivity index (χ3v) is 3.21. The zero-order chi connectivity index (χ0) is 18.1. The number of aliphatic carboxylic acids is 1. The highest BCUT2D eigenvalue weighted by Gasteiger charge is 2.25. The largest absolute Gasteiger partial charge is 0.480 e. The molecule has 1 aromatic rings. The molecule has 0 spiro atoms. The lowest BCUT2D eigenvalue weighted by Gasteiger charge is -2.20. The van der Waals surface area contributed by atoms with Crippen LogP contribution < -0.4 is 10.6 Å². The highest BCUT2D eigenvalue weighted by atomic mass is 19.1. The molecule has 0 radical (unpaired) electrons. The maximum absolute atomic E-state index is 12.9. The van der Waals surface area contributed by atoms with Gasteiger partial charge in [0.1, 0.15) is 17.9 Å². The number of hydrogen-bond donors (Lipinski definition) is 3. The van der Waals surface area contributed by atoms with Crippen molar-refractivity contribution in [3.8, 4) is 6.07 Å². The van der Waals surface area contributed by atoms with Crippen molar-refractivity contribution in [3.05, 3.63) is 35.6 Å². The fourth-order valence-corrected chi connectivity index (χ4v) is 2.05. The number of halogens is 1. The first-order valence-electron chi connectivity index (χ1n) is 7.25. The van der Waals surface area contributed by atoms with Crippen LogP contribution in [0, 0.1) is 17.1 Å². The molecule has 7 nitrogen and oxygen atoms in total. The summed E-state index contributed by atoms with van der Waals surface area (Å²) in [5.41, 5.74) is 0.606. The van der Waals surface area contributed by atoms with E-state index in [1.807, 2.05) is 6.07 Å². The van der Waals surface area contributed by atoms with Crippen molar-refractivity contribution >= 4 is 17.8 Å². The van der Waals surface area contributed by atoms with E-state index in [0.29, 0.717) is 5.56 Å². The molecule has 0 aliphatic rings. The van der Waals surface area contributed by atoms with Crippen LogP contribution in [0.25, 0.3) is 0 Å². The first-order valence-corrected chi connectivity index (χ1v) is 7.25. The van der Waals surface area contributed by atoms with Gasteiger partial charge in [-0.15, -0.1) is 0 Å². The van der Waals surface area contributed by atoms with E-state index in [9.17, 15) is 18.8 Å². The number of carbonyl (C=O) groups excluding carboxylic acids is 2. The number of nitrogens with one attached hydrogen (secondary N) is 2. The predicted molar refractivity (Wildman–Crippen MR) is 82.1 cm³/mol. The standard InChI is InChI=1S/C16H18FN3O4/c1-10(21)19-14(9-11-4-6-12(17)7-5-11)15(22)20-13(16(23)24)3-2-8-18/h4-7,13-14H,2-3,9H2,1H3,(H,19,21)(H,20,22)(H,23,24)/t13-,14-/m1/s1. The Hall–Kier alpha value is -2.95. The summed E-state index contributed by atoms with van der Waals surface area (Å²) in [6.45, 7) is 1.23. The average Bonchev–Trinajstić information content (AvgIpc) is 2.52. The Balaban J connectivity index is 2.83. The van der Waals surface area contributed by atoms with E-state index in [-0.39, 0.29) is 19.3 Å². The molecule has 3 N–H and O–H groups in total. The fourth-order valence-electron chi connectivity index (χ4n) is 2.05. The molecule has 1 rings (SSSR count). The number of carboxylic acid groups (broad SMARTS) is 1. The molecule has 128 valence electrons. The first-order chi connectivity index (χ1) is 11.3. The van der Waals surface area contributed by atoms with E-state index >= 15 is 0 Å². The van der Waals surface area contributed by atoms with Gasteiger partial charge in [-0.1, -0.05) is 12.1 Å². The molecule has 0 saturated heterocycles. The molecule has 1 aromatic carbocycles. The molecule has 0 bridgehead atoms. The van der Waals surface area contributed by atoms with E-state index in [0.717, 1.165) is 0 Å². The molecule has 0 saturated carbocycles. The molecule has 8 heteroatoms. The molecule has 24 heavy (non-hydrogen) atoms. The minimum Gasteiger partial charge on any atom is -0.480 e. The topological polar surface area (TPSA) is 119 Å². The van der Waals surface area contributed by atoms with Crippen molar-refractivity contribution in [2.45, 2.75) is 38.3 Å². The molecular formula is C16H18FN3O4. The number of hydrogen-bond acceptors (Lipinski definition) is 4. The number of carbonyl (C=O) groups is 3. The minimum atomic E-state index is -1.26.